The molecule has 31 heavy (non-hydrogen) atoms. The van der Waals surface area contributed by atoms with Crippen molar-refractivity contribution in [3.05, 3.63) is 87.0 Å². The SMILES string of the molecule is CCCSc1nc2sc3c(c2c(=O)n1-c1ccccc1)CCN(Cc1ccccc1)C3. The summed E-state index contributed by atoms with van der Waals surface area (Å²) in [5.74, 6) is 0.945. The van der Waals surface area contributed by atoms with E-state index in [1.54, 1.807) is 23.1 Å². The van der Waals surface area contributed by atoms with Gasteiger partial charge in [-0.3, -0.25) is 14.3 Å². The Hall–Kier alpha value is -2.41. The second kappa shape index (κ2) is 8.99. The first-order valence-electron chi connectivity index (χ1n) is 10.8. The summed E-state index contributed by atoms with van der Waals surface area (Å²) in [4.78, 5) is 23.4. The second-order valence-electron chi connectivity index (χ2n) is 7.85. The van der Waals surface area contributed by atoms with E-state index in [2.05, 4.69) is 42.2 Å². The fraction of sp³-hybridized carbons (Fsp3) is 0.280. The van der Waals surface area contributed by atoms with Gasteiger partial charge in [-0.05, 0) is 36.1 Å². The molecule has 0 spiro atoms. The second-order valence-corrected chi connectivity index (χ2v) is 9.99. The first-order valence-corrected chi connectivity index (χ1v) is 12.6. The highest BCUT2D eigenvalue weighted by Crippen LogP contribution is 2.34. The van der Waals surface area contributed by atoms with Gasteiger partial charge < -0.3 is 0 Å². The van der Waals surface area contributed by atoms with Gasteiger partial charge in [-0.1, -0.05) is 67.2 Å². The minimum absolute atomic E-state index is 0.0730. The highest BCUT2D eigenvalue weighted by Gasteiger charge is 2.25. The molecule has 2 aromatic heterocycles. The van der Waals surface area contributed by atoms with E-state index in [4.69, 9.17) is 4.98 Å². The van der Waals surface area contributed by atoms with Gasteiger partial charge in [0.25, 0.3) is 5.56 Å². The summed E-state index contributed by atoms with van der Waals surface area (Å²) in [6, 6.07) is 20.5. The first kappa shape index (κ1) is 20.5. The van der Waals surface area contributed by atoms with Crippen molar-refractivity contribution in [3.8, 4) is 5.69 Å². The molecule has 0 fully saturated rings. The number of thiophene rings is 1. The first-order chi connectivity index (χ1) is 15.2. The predicted molar refractivity (Wildman–Crippen MR) is 130 cm³/mol. The van der Waals surface area contributed by atoms with Crippen molar-refractivity contribution in [2.75, 3.05) is 12.3 Å². The molecule has 5 rings (SSSR count). The van der Waals surface area contributed by atoms with Gasteiger partial charge in [0.05, 0.1) is 11.1 Å². The van der Waals surface area contributed by atoms with Crippen molar-refractivity contribution < 1.29 is 0 Å². The molecule has 4 nitrogen and oxygen atoms in total. The Labute approximate surface area is 190 Å². The highest BCUT2D eigenvalue weighted by atomic mass is 32.2. The zero-order valence-corrected chi connectivity index (χ0v) is 19.2. The van der Waals surface area contributed by atoms with Crippen LogP contribution in [0.2, 0.25) is 0 Å². The van der Waals surface area contributed by atoms with E-state index < -0.39 is 0 Å². The van der Waals surface area contributed by atoms with Crippen LogP contribution in [0.5, 0.6) is 0 Å². The topological polar surface area (TPSA) is 38.1 Å². The molecule has 1 aliphatic rings. The molecule has 0 aliphatic carbocycles. The molecular formula is C25H25N3OS2. The number of hydrogen-bond acceptors (Lipinski definition) is 5. The summed E-state index contributed by atoms with van der Waals surface area (Å²) in [5, 5.41) is 1.62. The molecule has 0 amide bonds. The third-order valence-corrected chi connectivity index (χ3v) is 7.88. The number of fused-ring (bicyclic) bond motifs is 3. The van der Waals surface area contributed by atoms with Gasteiger partial charge in [0.15, 0.2) is 5.16 Å². The summed E-state index contributed by atoms with van der Waals surface area (Å²) < 4.78 is 1.81. The molecule has 0 radical (unpaired) electrons. The maximum absolute atomic E-state index is 13.7. The average Bonchev–Trinajstić information content (AvgIpc) is 3.17. The molecule has 6 heteroatoms. The maximum atomic E-state index is 13.7. The molecule has 3 heterocycles. The lowest BCUT2D eigenvalue weighted by molar-refractivity contribution is 0.249. The number of nitrogens with zero attached hydrogens (tertiary/aromatic N) is 3. The molecule has 4 aromatic rings. The van der Waals surface area contributed by atoms with Crippen molar-refractivity contribution in [3.63, 3.8) is 0 Å². The van der Waals surface area contributed by atoms with Crippen molar-refractivity contribution in [1.29, 1.82) is 0 Å². The third kappa shape index (κ3) is 4.07. The monoisotopic (exact) mass is 447 g/mol. The Balaban J connectivity index is 1.56. The van der Waals surface area contributed by atoms with Crippen LogP contribution in [0.15, 0.2) is 70.6 Å². The van der Waals surface area contributed by atoms with Crippen molar-refractivity contribution in [1.82, 2.24) is 14.5 Å². The van der Waals surface area contributed by atoms with Gasteiger partial charge in [0.1, 0.15) is 4.83 Å². The van der Waals surface area contributed by atoms with Gasteiger partial charge in [-0.15, -0.1) is 11.3 Å². The van der Waals surface area contributed by atoms with E-state index in [1.165, 1.54) is 16.0 Å². The van der Waals surface area contributed by atoms with Crippen LogP contribution >= 0.6 is 23.1 Å². The molecule has 1 aliphatic heterocycles. The number of thioether (sulfide) groups is 1. The van der Waals surface area contributed by atoms with Crippen molar-refractivity contribution in [2.24, 2.45) is 0 Å². The van der Waals surface area contributed by atoms with Crippen molar-refractivity contribution >= 4 is 33.3 Å². The van der Waals surface area contributed by atoms with Gasteiger partial charge in [0, 0.05) is 30.3 Å². The number of benzene rings is 2. The number of hydrogen-bond donors (Lipinski definition) is 0. The van der Waals surface area contributed by atoms with E-state index in [9.17, 15) is 4.79 Å². The van der Waals surface area contributed by atoms with Gasteiger partial charge in [-0.2, -0.15) is 0 Å². The normalized spacial score (nSPS) is 14.1. The third-order valence-electron chi connectivity index (χ3n) is 5.62. The van der Waals surface area contributed by atoms with Crippen molar-refractivity contribution in [2.45, 2.75) is 38.0 Å². The van der Waals surface area contributed by atoms with Gasteiger partial charge >= 0.3 is 0 Å². The summed E-state index contributed by atoms with van der Waals surface area (Å²) >= 11 is 3.37. The lowest BCUT2D eigenvalue weighted by Crippen LogP contribution is -2.30. The predicted octanol–water partition coefficient (Wildman–Crippen LogP) is 5.51. The molecule has 158 valence electrons. The number of rotatable bonds is 6. The van der Waals surface area contributed by atoms with Crippen LogP contribution in [0.4, 0.5) is 0 Å². The molecule has 0 atom stereocenters. The molecule has 0 bridgehead atoms. The Morgan fingerprint density at radius 2 is 1.81 bits per heavy atom. The van der Waals surface area contributed by atoms with E-state index in [0.717, 1.165) is 59.3 Å². The van der Waals surface area contributed by atoms with Gasteiger partial charge in [0.2, 0.25) is 0 Å². The van der Waals surface area contributed by atoms with Crippen LogP contribution in [0.3, 0.4) is 0 Å². The molecular weight excluding hydrogens is 422 g/mol. The Morgan fingerprint density at radius 1 is 1.06 bits per heavy atom. The van der Waals surface area contributed by atoms with Gasteiger partial charge in [-0.25, -0.2) is 4.98 Å². The largest absolute Gasteiger partial charge is 0.294 e. The molecule has 0 unspecified atom stereocenters. The smallest absolute Gasteiger partial charge is 0.267 e. The standard InChI is InChI=1S/C25H25N3OS2/c1-2-15-30-25-26-23-22(24(29)28(25)19-11-7-4-8-12-19)20-13-14-27(17-21(20)31-23)16-18-9-5-3-6-10-18/h3-12H,2,13-17H2,1H3. The maximum Gasteiger partial charge on any atom is 0.267 e. The van der Waals surface area contributed by atoms with Crippen LogP contribution in [0.25, 0.3) is 15.9 Å². The highest BCUT2D eigenvalue weighted by molar-refractivity contribution is 7.99. The summed E-state index contributed by atoms with van der Waals surface area (Å²) in [6.45, 7) is 4.94. The fourth-order valence-electron chi connectivity index (χ4n) is 4.15. The Kier molecular flexibility index (Phi) is 5.94. The summed E-state index contributed by atoms with van der Waals surface area (Å²) in [6.07, 6.45) is 1.94. The Morgan fingerprint density at radius 3 is 2.55 bits per heavy atom. The minimum atomic E-state index is 0.0730. The lowest BCUT2D eigenvalue weighted by Gasteiger charge is -2.26. The average molecular weight is 448 g/mol. The molecule has 2 aromatic carbocycles. The van der Waals surface area contributed by atoms with Crippen LogP contribution in [-0.2, 0) is 19.5 Å². The molecule has 0 N–H and O–H groups in total. The molecule has 0 saturated carbocycles. The summed E-state index contributed by atoms with van der Waals surface area (Å²) in [7, 11) is 0. The summed E-state index contributed by atoms with van der Waals surface area (Å²) in [5.41, 5.74) is 3.50. The number of para-hydroxylation sites is 1. The van der Waals surface area contributed by atoms with Crippen LogP contribution in [0, 0.1) is 0 Å². The van der Waals surface area contributed by atoms with Crippen LogP contribution < -0.4 is 5.56 Å². The number of aromatic nitrogens is 2. The quantitative estimate of drug-likeness (QED) is 0.289. The van der Waals surface area contributed by atoms with E-state index in [-0.39, 0.29) is 5.56 Å². The lowest BCUT2D eigenvalue weighted by atomic mass is 10.0. The van der Waals surface area contributed by atoms with E-state index in [0.29, 0.717) is 0 Å². The zero-order valence-electron chi connectivity index (χ0n) is 17.6. The minimum Gasteiger partial charge on any atom is -0.294 e. The Bertz CT molecular complexity index is 1250. The van der Waals surface area contributed by atoms with E-state index in [1.807, 2.05) is 34.9 Å². The van der Waals surface area contributed by atoms with E-state index >= 15 is 0 Å². The van der Waals surface area contributed by atoms with Crippen LogP contribution in [-0.4, -0.2) is 26.7 Å². The van der Waals surface area contributed by atoms with Crippen LogP contribution in [0.1, 0.15) is 29.3 Å². The fourth-order valence-corrected chi connectivity index (χ4v) is 6.32. The molecule has 0 saturated heterocycles. The zero-order chi connectivity index (χ0) is 21.2.